The molecule has 0 aromatic rings. The SMILES string of the molecule is CC1CN(C2CCCCC2N)CCO1. The zero-order valence-electron chi connectivity index (χ0n) is 9.11. The van der Waals surface area contributed by atoms with Crippen molar-refractivity contribution in [3.8, 4) is 0 Å². The molecule has 1 saturated carbocycles. The molecular formula is C11H22N2O. The van der Waals surface area contributed by atoms with E-state index in [0.717, 1.165) is 19.7 Å². The van der Waals surface area contributed by atoms with Crippen molar-refractivity contribution in [3.05, 3.63) is 0 Å². The predicted molar refractivity (Wildman–Crippen MR) is 57.2 cm³/mol. The maximum absolute atomic E-state index is 6.17. The van der Waals surface area contributed by atoms with Gasteiger partial charge in [-0.05, 0) is 19.8 Å². The topological polar surface area (TPSA) is 38.5 Å². The monoisotopic (exact) mass is 198 g/mol. The molecule has 82 valence electrons. The van der Waals surface area contributed by atoms with Gasteiger partial charge < -0.3 is 10.5 Å². The van der Waals surface area contributed by atoms with Crippen LogP contribution in [-0.4, -0.2) is 42.8 Å². The minimum absolute atomic E-state index is 0.387. The van der Waals surface area contributed by atoms with Gasteiger partial charge in [-0.3, -0.25) is 4.90 Å². The fourth-order valence-corrected chi connectivity index (χ4v) is 2.74. The Labute approximate surface area is 86.6 Å². The summed E-state index contributed by atoms with van der Waals surface area (Å²) in [7, 11) is 0. The van der Waals surface area contributed by atoms with Crippen LogP contribution in [-0.2, 0) is 4.74 Å². The standard InChI is InChI=1S/C11H22N2O/c1-9-8-13(6-7-14-9)11-5-3-2-4-10(11)12/h9-11H,2-8,12H2,1H3. The second-order valence-corrected chi connectivity index (χ2v) is 4.69. The number of ether oxygens (including phenoxy) is 1. The van der Waals surface area contributed by atoms with Crippen LogP contribution in [0.4, 0.5) is 0 Å². The summed E-state index contributed by atoms with van der Waals surface area (Å²) in [5, 5.41) is 0. The second kappa shape index (κ2) is 4.60. The van der Waals surface area contributed by atoms with Crippen LogP contribution >= 0.6 is 0 Å². The lowest BCUT2D eigenvalue weighted by Gasteiger charge is -2.42. The lowest BCUT2D eigenvalue weighted by Crippen LogP contribution is -2.54. The molecule has 2 N–H and O–H groups in total. The Hall–Kier alpha value is -0.120. The molecule has 0 spiro atoms. The number of morpholine rings is 1. The van der Waals surface area contributed by atoms with Crippen LogP contribution in [0.5, 0.6) is 0 Å². The molecule has 1 saturated heterocycles. The highest BCUT2D eigenvalue weighted by atomic mass is 16.5. The third-order valence-corrected chi connectivity index (χ3v) is 3.52. The van der Waals surface area contributed by atoms with E-state index in [1.165, 1.54) is 25.7 Å². The highest BCUT2D eigenvalue weighted by Gasteiger charge is 2.30. The lowest BCUT2D eigenvalue weighted by atomic mass is 9.89. The number of nitrogens with two attached hydrogens (primary N) is 1. The van der Waals surface area contributed by atoms with Gasteiger partial charge in [-0.15, -0.1) is 0 Å². The van der Waals surface area contributed by atoms with Gasteiger partial charge in [-0.2, -0.15) is 0 Å². The molecule has 1 aliphatic carbocycles. The van der Waals surface area contributed by atoms with Gasteiger partial charge in [0.25, 0.3) is 0 Å². The fourth-order valence-electron chi connectivity index (χ4n) is 2.74. The normalized spacial score (nSPS) is 41.1. The highest BCUT2D eigenvalue weighted by molar-refractivity contribution is 4.87. The molecule has 0 aromatic carbocycles. The Balaban J connectivity index is 1.91. The molecular weight excluding hydrogens is 176 g/mol. The van der Waals surface area contributed by atoms with Crippen LogP contribution in [0.25, 0.3) is 0 Å². The van der Waals surface area contributed by atoms with Crippen LogP contribution in [0.3, 0.4) is 0 Å². The van der Waals surface area contributed by atoms with E-state index in [1.54, 1.807) is 0 Å². The third kappa shape index (κ3) is 2.27. The molecule has 2 fully saturated rings. The number of hydrogen-bond donors (Lipinski definition) is 1. The number of nitrogens with zero attached hydrogens (tertiary/aromatic N) is 1. The van der Waals surface area contributed by atoms with E-state index in [0.29, 0.717) is 18.2 Å². The van der Waals surface area contributed by atoms with Crippen LogP contribution in [0.15, 0.2) is 0 Å². The smallest absolute Gasteiger partial charge is 0.0674 e. The fraction of sp³-hybridized carbons (Fsp3) is 1.00. The molecule has 3 unspecified atom stereocenters. The zero-order valence-corrected chi connectivity index (χ0v) is 9.11. The van der Waals surface area contributed by atoms with Crippen LogP contribution < -0.4 is 5.73 Å². The molecule has 3 atom stereocenters. The van der Waals surface area contributed by atoms with Gasteiger partial charge in [-0.25, -0.2) is 0 Å². The van der Waals surface area contributed by atoms with E-state index in [-0.39, 0.29) is 0 Å². The molecule has 1 heterocycles. The van der Waals surface area contributed by atoms with Crippen LogP contribution in [0, 0.1) is 0 Å². The van der Waals surface area contributed by atoms with Crippen molar-refractivity contribution in [2.24, 2.45) is 5.73 Å². The molecule has 2 rings (SSSR count). The van der Waals surface area contributed by atoms with Crippen molar-refractivity contribution in [1.29, 1.82) is 0 Å². The summed E-state index contributed by atoms with van der Waals surface area (Å²) in [5.41, 5.74) is 6.17. The molecule has 3 nitrogen and oxygen atoms in total. The molecule has 3 heteroatoms. The van der Waals surface area contributed by atoms with Crippen molar-refractivity contribution in [1.82, 2.24) is 4.90 Å². The van der Waals surface area contributed by atoms with Crippen molar-refractivity contribution < 1.29 is 4.74 Å². The van der Waals surface area contributed by atoms with Crippen molar-refractivity contribution >= 4 is 0 Å². The number of rotatable bonds is 1. The first-order valence-electron chi connectivity index (χ1n) is 5.88. The van der Waals surface area contributed by atoms with Gasteiger partial charge in [-0.1, -0.05) is 12.8 Å². The first kappa shape index (κ1) is 10.4. The molecule has 0 bridgehead atoms. The Morgan fingerprint density at radius 2 is 2.07 bits per heavy atom. The molecule has 0 radical (unpaired) electrons. The van der Waals surface area contributed by atoms with Gasteiger partial charge in [0.1, 0.15) is 0 Å². The highest BCUT2D eigenvalue weighted by Crippen LogP contribution is 2.23. The van der Waals surface area contributed by atoms with Crippen molar-refractivity contribution in [3.63, 3.8) is 0 Å². The average molecular weight is 198 g/mol. The molecule has 0 aromatic heterocycles. The maximum Gasteiger partial charge on any atom is 0.0674 e. The van der Waals surface area contributed by atoms with Gasteiger partial charge in [0.15, 0.2) is 0 Å². The van der Waals surface area contributed by atoms with Crippen LogP contribution in [0.1, 0.15) is 32.6 Å². The van der Waals surface area contributed by atoms with E-state index in [1.807, 2.05) is 0 Å². The Kier molecular flexibility index (Phi) is 3.42. The molecule has 2 aliphatic rings. The summed E-state index contributed by atoms with van der Waals surface area (Å²) in [6.45, 7) is 5.17. The lowest BCUT2D eigenvalue weighted by molar-refractivity contribution is -0.0424. The largest absolute Gasteiger partial charge is 0.376 e. The molecule has 1 aliphatic heterocycles. The zero-order chi connectivity index (χ0) is 9.97. The maximum atomic E-state index is 6.17. The van der Waals surface area contributed by atoms with Gasteiger partial charge in [0, 0.05) is 25.2 Å². The summed E-state index contributed by atoms with van der Waals surface area (Å²) < 4.78 is 5.55. The summed E-state index contributed by atoms with van der Waals surface area (Å²) >= 11 is 0. The average Bonchev–Trinajstić information content (AvgIpc) is 2.18. The van der Waals surface area contributed by atoms with Gasteiger partial charge in [0.2, 0.25) is 0 Å². The summed E-state index contributed by atoms with van der Waals surface area (Å²) in [6.07, 6.45) is 5.55. The van der Waals surface area contributed by atoms with E-state index < -0.39 is 0 Å². The number of hydrogen-bond acceptors (Lipinski definition) is 3. The van der Waals surface area contributed by atoms with Crippen molar-refractivity contribution in [2.45, 2.75) is 50.8 Å². The Morgan fingerprint density at radius 1 is 1.29 bits per heavy atom. The minimum atomic E-state index is 0.387. The second-order valence-electron chi connectivity index (χ2n) is 4.69. The summed E-state index contributed by atoms with van der Waals surface area (Å²) in [6, 6.07) is 1.02. The van der Waals surface area contributed by atoms with Gasteiger partial charge in [0.05, 0.1) is 12.7 Å². The first-order chi connectivity index (χ1) is 6.77. The Bertz CT molecular complexity index is 186. The third-order valence-electron chi connectivity index (χ3n) is 3.52. The molecule has 14 heavy (non-hydrogen) atoms. The Morgan fingerprint density at radius 3 is 2.79 bits per heavy atom. The van der Waals surface area contributed by atoms with Crippen LogP contribution in [0.2, 0.25) is 0 Å². The van der Waals surface area contributed by atoms with Crippen molar-refractivity contribution in [2.75, 3.05) is 19.7 Å². The summed E-state index contributed by atoms with van der Waals surface area (Å²) in [4.78, 5) is 2.54. The van der Waals surface area contributed by atoms with E-state index in [9.17, 15) is 0 Å². The predicted octanol–water partition coefficient (Wildman–Crippen LogP) is 0.977. The molecule has 0 amide bonds. The minimum Gasteiger partial charge on any atom is -0.376 e. The van der Waals surface area contributed by atoms with E-state index in [2.05, 4.69) is 11.8 Å². The van der Waals surface area contributed by atoms with Gasteiger partial charge >= 0.3 is 0 Å². The first-order valence-corrected chi connectivity index (χ1v) is 5.88. The van der Waals surface area contributed by atoms with E-state index >= 15 is 0 Å². The van der Waals surface area contributed by atoms with E-state index in [4.69, 9.17) is 10.5 Å². The quantitative estimate of drug-likeness (QED) is 0.682. The summed E-state index contributed by atoms with van der Waals surface area (Å²) in [5.74, 6) is 0.